The molecule has 0 radical (unpaired) electrons. The summed E-state index contributed by atoms with van der Waals surface area (Å²) in [5.74, 6) is 1.60. The zero-order chi connectivity index (χ0) is 22.7. The van der Waals surface area contributed by atoms with Gasteiger partial charge in [-0.3, -0.25) is 4.79 Å². The number of carbonyl (C=O) groups is 1. The van der Waals surface area contributed by atoms with Gasteiger partial charge in [0.25, 0.3) is 0 Å². The van der Waals surface area contributed by atoms with Crippen molar-refractivity contribution in [2.24, 2.45) is 5.73 Å². The molecule has 32 heavy (non-hydrogen) atoms. The number of aromatic nitrogens is 2. The van der Waals surface area contributed by atoms with Gasteiger partial charge < -0.3 is 20.5 Å². The molecular weight excluding hydrogens is 404 g/mol. The topological polar surface area (TPSA) is 99.4 Å². The molecule has 164 valence electrons. The molecule has 3 N–H and O–H groups in total. The maximum Gasteiger partial charge on any atom is 0.243 e. The van der Waals surface area contributed by atoms with Crippen LogP contribution in [0, 0.1) is 6.92 Å². The molecule has 0 bridgehead atoms. The van der Waals surface area contributed by atoms with Crippen LogP contribution in [0.4, 0.5) is 5.69 Å². The van der Waals surface area contributed by atoms with Crippen LogP contribution in [0.5, 0.6) is 11.5 Å². The van der Waals surface area contributed by atoms with E-state index in [2.05, 4.69) is 33.5 Å². The summed E-state index contributed by atoms with van der Waals surface area (Å²) in [6.07, 6.45) is 7.24. The van der Waals surface area contributed by atoms with Gasteiger partial charge in [-0.25, -0.2) is 9.97 Å². The van der Waals surface area contributed by atoms with Crippen LogP contribution in [0.15, 0.2) is 54.9 Å². The summed E-state index contributed by atoms with van der Waals surface area (Å²) in [5.41, 5.74) is 11.6. The van der Waals surface area contributed by atoms with Crippen molar-refractivity contribution in [3.8, 4) is 11.5 Å². The molecule has 1 unspecified atom stereocenters. The largest absolute Gasteiger partial charge is 0.493 e. The lowest BCUT2D eigenvalue weighted by Crippen LogP contribution is -2.36. The predicted octanol–water partition coefficient (Wildman–Crippen LogP) is 3.30. The number of nitrogens with one attached hydrogen (secondary N) is 1. The van der Waals surface area contributed by atoms with E-state index < -0.39 is 11.9 Å². The summed E-state index contributed by atoms with van der Waals surface area (Å²) in [4.78, 5) is 20.6. The third kappa shape index (κ3) is 4.42. The smallest absolute Gasteiger partial charge is 0.243 e. The van der Waals surface area contributed by atoms with Gasteiger partial charge in [0.05, 0.1) is 14.2 Å². The van der Waals surface area contributed by atoms with Gasteiger partial charge >= 0.3 is 0 Å². The highest BCUT2D eigenvalue weighted by Gasteiger charge is 2.24. The fourth-order valence-corrected chi connectivity index (χ4v) is 3.81. The lowest BCUT2D eigenvalue weighted by atomic mass is 9.89. The van der Waals surface area contributed by atoms with Gasteiger partial charge in [0.2, 0.25) is 5.91 Å². The van der Waals surface area contributed by atoms with Crippen LogP contribution in [0.3, 0.4) is 0 Å². The Labute approximate surface area is 187 Å². The maximum absolute atomic E-state index is 12.0. The van der Waals surface area contributed by atoms with E-state index in [1.165, 1.54) is 0 Å². The third-order valence-electron chi connectivity index (χ3n) is 5.56. The predicted molar refractivity (Wildman–Crippen MR) is 124 cm³/mol. The van der Waals surface area contributed by atoms with Crippen molar-refractivity contribution in [2.45, 2.75) is 25.8 Å². The highest BCUT2D eigenvalue weighted by atomic mass is 16.5. The molecular formula is C25H26N4O3. The number of hydrogen-bond acceptors (Lipinski definition) is 6. The normalized spacial score (nSPS) is 14.7. The van der Waals surface area contributed by atoms with Crippen LogP contribution in [0.1, 0.15) is 28.1 Å². The molecule has 1 aliphatic heterocycles. The Balaban J connectivity index is 1.66. The van der Waals surface area contributed by atoms with E-state index >= 15 is 0 Å². The summed E-state index contributed by atoms with van der Waals surface area (Å²) in [6.45, 7) is 1.87. The molecule has 1 aliphatic rings. The molecule has 1 amide bonds. The number of rotatable bonds is 7. The van der Waals surface area contributed by atoms with Crippen LogP contribution < -0.4 is 20.5 Å². The van der Waals surface area contributed by atoms with Crippen molar-refractivity contribution >= 4 is 17.2 Å². The summed E-state index contributed by atoms with van der Waals surface area (Å²) in [5, 5.41) is 3.26. The molecule has 1 aromatic heterocycles. The van der Waals surface area contributed by atoms with Gasteiger partial charge in [-0.2, -0.15) is 0 Å². The number of amides is 1. The van der Waals surface area contributed by atoms with Gasteiger partial charge in [0.1, 0.15) is 11.9 Å². The Bertz CT molecular complexity index is 1170. The number of benzene rings is 2. The molecule has 0 spiro atoms. The fraction of sp³-hybridized carbons (Fsp3) is 0.240. The monoisotopic (exact) mass is 430 g/mol. The molecule has 0 saturated heterocycles. The highest BCUT2D eigenvalue weighted by molar-refractivity contribution is 5.97. The summed E-state index contributed by atoms with van der Waals surface area (Å²) in [6, 6.07) is 11.4. The first kappa shape index (κ1) is 21.4. The molecule has 4 rings (SSSR count). The van der Waals surface area contributed by atoms with E-state index in [0.29, 0.717) is 11.5 Å². The lowest BCUT2D eigenvalue weighted by Gasteiger charge is -2.26. The molecule has 7 nitrogen and oxygen atoms in total. The summed E-state index contributed by atoms with van der Waals surface area (Å²) >= 11 is 0. The van der Waals surface area contributed by atoms with Crippen LogP contribution in [-0.4, -0.2) is 36.1 Å². The minimum absolute atomic E-state index is 0.434. The second-order valence-electron chi connectivity index (χ2n) is 7.69. The second-order valence-corrected chi connectivity index (χ2v) is 7.69. The van der Waals surface area contributed by atoms with E-state index in [1.807, 2.05) is 43.6 Å². The Morgan fingerprint density at radius 1 is 1.00 bits per heavy atom. The van der Waals surface area contributed by atoms with E-state index in [-0.39, 0.29) is 0 Å². The molecule has 3 aromatic rings. The first-order chi connectivity index (χ1) is 15.5. The van der Waals surface area contributed by atoms with Crippen LogP contribution >= 0.6 is 0 Å². The van der Waals surface area contributed by atoms with Crippen molar-refractivity contribution in [2.75, 3.05) is 19.5 Å². The van der Waals surface area contributed by atoms with Crippen molar-refractivity contribution in [1.29, 1.82) is 0 Å². The van der Waals surface area contributed by atoms with Crippen LogP contribution in [0.2, 0.25) is 0 Å². The average molecular weight is 431 g/mol. The molecule has 1 atom stereocenters. The Hall–Kier alpha value is -3.87. The van der Waals surface area contributed by atoms with Gasteiger partial charge in [-0.05, 0) is 66.3 Å². The second kappa shape index (κ2) is 9.09. The van der Waals surface area contributed by atoms with Gasteiger partial charge in [-0.15, -0.1) is 0 Å². The van der Waals surface area contributed by atoms with Gasteiger partial charge in [0, 0.05) is 23.6 Å². The van der Waals surface area contributed by atoms with Crippen LogP contribution in [-0.2, 0) is 17.6 Å². The number of carbonyl (C=O) groups excluding carboxylic acids is 1. The van der Waals surface area contributed by atoms with Crippen molar-refractivity contribution < 1.29 is 14.3 Å². The third-order valence-corrected chi connectivity index (χ3v) is 5.56. The Morgan fingerprint density at radius 3 is 2.41 bits per heavy atom. The number of nitrogens with zero attached hydrogens (tertiary/aromatic N) is 2. The first-order valence-corrected chi connectivity index (χ1v) is 10.4. The number of fused-ring (bicyclic) bond motifs is 1. The fourth-order valence-electron chi connectivity index (χ4n) is 3.81. The first-order valence-electron chi connectivity index (χ1n) is 10.4. The van der Waals surface area contributed by atoms with Crippen molar-refractivity contribution in [1.82, 2.24) is 9.97 Å². The lowest BCUT2D eigenvalue weighted by molar-refractivity contribution is -0.117. The van der Waals surface area contributed by atoms with E-state index in [9.17, 15) is 4.79 Å². The average Bonchev–Trinajstić information content (AvgIpc) is 2.82. The van der Waals surface area contributed by atoms with E-state index in [1.54, 1.807) is 14.2 Å². The number of anilines is 1. The maximum atomic E-state index is 12.0. The Kier molecular flexibility index (Phi) is 6.07. The zero-order valence-electron chi connectivity index (χ0n) is 18.4. The van der Waals surface area contributed by atoms with Crippen molar-refractivity contribution in [3.63, 3.8) is 0 Å². The Morgan fingerprint density at radius 2 is 1.72 bits per heavy atom. The van der Waals surface area contributed by atoms with Crippen molar-refractivity contribution in [3.05, 3.63) is 82.9 Å². The number of ether oxygens (including phenoxy) is 2. The van der Waals surface area contributed by atoms with Crippen LogP contribution in [0.25, 0.3) is 5.57 Å². The molecule has 2 aromatic carbocycles. The summed E-state index contributed by atoms with van der Waals surface area (Å²) < 4.78 is 10.8. The number of nitrogens with two attached hydrogens (primary N) is 1. The number of primary amides is 1. The van der Waals surface area contributed by atoms with Gasteiger partial charge in [-0.1, -0.05) is 18.2 Å². The molecule has 2 heterocycles. The SMILES string of the molecule is COc1ccc(C2=CC(C(N)=O)Nc3cc(CCc4cnc(C)nc4)ccc32)cc1OC. The zero-order valence-corrected chi connectivity index (χ0v) is 18.4. The standard InChI is InChI=1S/C25H26N4O3/c1-15-27-13-17(14-28-15)5-4-16-6-8-19-20(12-22(25(26)30)29-21(19)10-16)18-7-9-23(31-2)24(11-18)32-3/h6-14,22,29H,4-5H2,1-3H3,(H2,26,30). The van der Waals surface area contributed by atoms with Gasteiger partial charge in [0.15, 0.2) is 11.5 Å². The molecule has 0 aliphatic carbocycles. The minimum atomic E-state index is -0.605. The highest BCUT2D eigenvalue weighted by Crippen LogP contribution is 2.38. The molecule has 0 saturated carbocycles. The minimum Gasteiger partial charge on any atom is -0.493 e. The molecule has 7 heteroatoms. The summed E-state index contributed by atoms with van der Waals surface area (Å²) in [7, 11) is 3.20. The molecule has 0 fully saturated rings. The van der Waals surface area contributed by atoms with E-state index in [4.69, 9.17) is 15.2 Å². The number of hydrogen-bond donors (Lipinski definition) is 2. The number of methoxy groups -OCH3 is 2. The number of aryl methyl sites for hydroxylation is 3. The quantitative estimate of drug-likeness (QED) is 0.597. The van der Waals surface area contributed by atoms with E-state index in [0.717, 1.165) is 52.2 Å².